The van der Waals surface area contributed by atoms with Crippen molar-refractivity contribution >= 4 is 19.7 Å². The van der Waals surface area contributed by atoms with Gasteiger partial charge in [-0.15, -0.1) is 0 Å². The van der Waals surface area contributed by atoms with Gasteiger partial charge in [0.25, 0.3) is 7.82 Å². The van der Waals surface area contributed by atoms with Gasteiger partial charge in [-0.3, -0.25) is 14.2 Å². The van der Waals surface area contributed by atoms with E-state index in [-0.39, 0.29) is 31.5 Å². The molecule has 3 atom stereocenters. The van der Waals surface area contributed by atoms with Crippen molar-refractivity contribution in [2.75, 3.05) is 40.9 Å². The van der Waals surface area contributed by atoms with Crippen LogP contribution in [0.3, 0.4) is 0 Å². The fourth-order valence-corrected chi connectivity index (χ4v) is 11.0. The minimum absolute atomic E-state index is 0.0226. The van der Waals surface area contributed by atoms with E-state index < -0.39 is 20.0 Å². The van der Waals surface area contributed by atoms with Crippen molar-refractivity contribution in [2.24, 2.45) is 0 Å². The Morgan fingerprint density at radius 1 is 0.427 bits per heavy atom. The Labute approximate surface area is 509 Å². The average Bonchev–Trinajstić information content (AvgIpc) is 3.47. The molecule has 0 saturated heterocycles. The molecule has 480 valence electrons. The normalized spacial score (nSPS) is 13.9. The number of quaternary nitrogens is 1. The monoisotopic (exact) mass is 1170 g/mol. The third kappa shape index (κ3) is 62.2. The fourth-order valence-electron chi connectivity index (χ4n) is 10.2. The largest absolute Gasteiger partial charge is 0.756 e. The molecule has 0 saturated carbocycles. The second-order valence-corrected chi connectivity index (χ2v) is 26.4. The molecule has 1 amide bonds. The molecule has 0 fully saturated rings. The zero-order valence-electron chi connectivity index (χ0n) is 54.9. The lowest BCUT2D eigenvalue weighted by atomic mass is 10.0. The Morgan fingerprint density at radius 2 is 0.744 bits per heavy atom. The van der Waals surface area contributed by atoms with Crippen molar-refractivity contribution in [3.8, 4) is 0 Å². The minimum Gasteiger partial charge on any atom is -0.756 e. The van der Waals surface area contributed by atoms with Crippen LogP contribution < -0.4 is 10.2 Å². The highest BCUT2D eigenvalue weighted by molar-refractivity contribution is 7.45. The Hall–Kier alpha value is -2.29. The van der Waals surface area contributed by atoms with Gasteiger partial charge in [0.15, 0.2) is 0 Å². The standard InChI is InChI=1S/C72H135N2O7P/c1-7-10-13-16-19-22-25-28-30-32-34-36-37-39-40-42-44-46-49-52-55-58-61-64-71(75)73-69(68-80-82(77,78)79-67-66-74(4,5)6)70(63-60-57-54-51-48-27-24-21-18-15-12-9-3)81-72(76)65-62-59-56-53-50-47-45-43-41-38-35-33-31-29-26-23-20-17-14-11-8-2/h19-20,22-23,28-31,60,63,69-70H,7-18,21,24-27,32-59,61-62,64-68H2,1-6H3,(H-,73,75,77,78)/b22-19-,23-20-,30-28-,31-29-,63-60+. The van der Waals surface area contributed by atoms with Crippen molar-refractivity contribution in [1.82, 2.24) is 5.32 Å². The first-order valence-corrected chi connectivity index (χ1v) is 36.6. The van der Waals surface area contributed by atoms with Crippen LogP contribution in [0, 0.1) is 0 Å². The molecule has 9 nitrogen and oxygen atoms in total. The van der Waals surface area contributed by atoms with Crippen LogP contribution >= 0.6 is 7.82 Å². The Bertz CT molecular complexity index is 1590. The summed E-state index contributed by atoms with van der Waals surface area (Å²) in [6, 6.07) is -0.890. The van der Waals surface area contributed by atoms with Gasteiger partial charge in [-0.25, -0.2) is 0 Å². The number of nitrogens with zero attached hydrogens (tertiary/aromatic N) is 1. The molecule has 0 aromatic carbocycles. The van der Waals surface area contributed by atoms with Gasteiger partial charge >= 0.3 is 5.97 Å². The van der Waals surface area contributed by atoms with E-state index in [1.54, 1.807) is 0 Å². The van der Waals surface area contributed by atoms with Crippen LogP contribution in [0.2, 0.25) is 0 Å². The number of hydrogen-bond donors (Lipinski definition) is 1. The number of likely N-dealkylation sites (N-methyl/N-ethyl adjacent to an activating group) is 1. The lowest BCUT2D eigenvalue weighted by molar-refractivity contribution is -0.870. The van der Waals surface area contributed by atoms with Crippen LogP contribution in [0.1, 0.15) is 335 Å². The number of amides is 1. The summed E-state index contributed by atoms with van der Waals surface area (Å²) < 4.78 is 30.4. The highest BCUT2D eigenvalue weighted by Gasteiger charge is 2.27. The summed E-state index contributed by atoms with van der Waals surface area (Å²) in [4.78, 5) is 40.2. The SMILES string of the molecule is CCCCC/C=C\C/C=C\CCCCCCCCCCCCCCCC(=O)NC(COP(=O)([O-])OCC[N+](C)(C)C)C(/C=C/CCCCCCCCCCCC)OC(=O)CCCCCCCCCCCCC/C=C\C/C=C\CCCCC. The smallest absolute Gasteiger partial charge is 0.306 e. The summed E-state index contributed by atoms with van der Waals surface area (Å²) in [7, 11) is 1.19. The molecule has 1 N–H and O–H groups in total. The van der Waals surface area contributed by atoms with Crippen LogP contribution in [-0.4, -0.2) is 69.4 Å². The third-order valence-electron chi connectivity index (χ3n) is 15.7. The predicted molar refractivity (Wildman–Crippen MR) is 353 cm³/mol. The maximum absolute atomic E-state index is 13.6. The zero-order chi connectivity index (χ0) is 60.0. The number of nitrogens with one attached hydrogen (secondary N) is 1. The van der Waals surface area contributed by atoms with Crippen LogP contribution in [0.4, 0.5) is 0 Å². The maximum Gasteiger partial charge on any atom is 0.306 e. The number of allylic oxidation sites excluding steroid dienone is 9. The van der Waals surface area contributed by atoms with Crippen LogP contribution in [-0.2, 0) is 27.9 Å². The number of esters is 1. The van der Waals surface area contributed by atoms with Crippen molar-refractivity contribution in [2.45, 2.75) is 348 Å². The highest BCUT2D eigenvalue weighted by atomic mass is 31.2. The molecular formula is C72H135N2O7P. The molecule has 0 radical (unpaired) electrons. The van der Waals surface area contributed by atoms with Gasteiger partial charge in [0.1, 0.15) is 19.3 Å². The first-order valence-electron chi connectivity index (χ1n) is 35.1. The summed E-state index contributed by atoms with van der Waals surface area (Å²) >= 11 is 0. The van der Waals surface area contributed by atoms with Gasteiger partial charge < -0.3 is 28.5 Å². The van der Waals surface area contributed by atoms with E-state index in [9.17, 15) is 19.0 Å². The zero-order valence-corrected chi connectivity index (χ0v) is 55.8. The van der Waals surface area contributed by atoms with Crippen LogP contribution in [0.25, 0.3) is 0 Å². The minimum atomic E-state index is -4.70. The van der Waals surface area contributed by atoms with E-state index in [4.69, 9.17) is 13.8 Å². The van der Waals surface area contributed by atoms with Crippen molar-refractivity contribution in [3.63, 3.8) is 0 Å². The van der Waals surface area contributed by atoms with Crippen LogP contribution in [0.5, 0.6) is 0 Å². The first-order chi connectivity index (χ1) is 39.9. The highest BCUT2D eigenvalue weighted by Crippen LogP contribution is 2.38. The van der Waals surface area contributed by atoms with Crippen molar-refractivity contribution in [3.05, 3.63) is 60.8 Å². The number of carbonyl (C=O) groups is 2. The fraction of sp³-hybridized carbons (Fsp3) is 0.833. The number of hydrogen-bond acceptors (Lipinski definition) is 7. The number of unbranched alkanes of at least 4 members (excludes halogenated alkanes) is 40. The van der Waals surface area contributed by atoms with E-state index >= 15 is 0 Å². The maximum atomic E-state index is 13.6. The molecular weight excluding hydrogens is 1040 g/mol. The molecule has 0 aliphatic heterocycles. The van der Waals surface area contributed by atoms with E-state index in [0.29, 0.717) is 17.4 Å². The van der Waals surface area contributed by atoms with Gasteiger partial charge in [-0.05, 0) is 96.0 Å². The summed E-state index contributed by atoms with van der Waals surface area (Å²) in [6.07, 6.45) is 79.1. The molecule has 0 bridgehead atoms. The van der Waals surface area contributed by atoms with Gasteiger partial charge in [-0.1, -0.05) is 287 Å². The summed E-state index contributed by atoms with van der Waals surface area (Å²) in [5.41, 5.74) is 0. The molecule has 0 aromatic rings. The Morgan fingerprint density at radius 3 is 1.12 bits per heavy atom. The van der Waals surface area contributed by atoms with E-state index in [2.05, 4.69) is 74.7 Å². The van der Waals surface area contributed by atoms with E-state index in [0.717, 1.165) is 70.6 Å². The molecule has 0 aliphatic rings. The van der Waals surface area contributed by atoms with Gasteiger partial charge in [0, 0.05) is 12.8 Å². The van der Waals surface area contributed by atoms with E-state index in [1.807, 2.05) is 33.3 Å². The first kappa shape index (κ1) is 79.7. The van der Waals surface area contributed by atoms with E-state index in [1.165, 1.54) is 231 Å². The predicted octanol–water partition coefficient (Wildman–Crippen LogP) is 21.5. The number of carbonyl (C=O) groups excluding carboxylic acids is 2. The lowest BCUT2D eigenvalue weighted by Crippen LogP contribution is -2.47. The summed E-state index contributed by atoms with van der Waals surface area (Å²) in [5.74, 6) is -0.532. The van der Waals surface area contributed by atoms with Crippen LogP contribution in [0.15, 0.2) is 60.8 Å². The molecule has 0 heterocycles. The number of ether oxygens (including phenoxy) is 1. The topological polar surface area (TPSA) is 114 Å². The van der Waals surface area contributed by atoms with Gasteiger partial charge in [-0.2, -0.15) is 0 Å². The van der Waals surface area contributed by atoms with Gasteiger partial charge in [0.05, 0.1) is 33.8 Å². The number of phosphoric acid groups is 1. The average molecular weight is 1170 g/mol. The second-order valence-electron chi connectivity index (χ2n) is 25.0. The quantitative estimate of drug-likeness (QED) is 0.0212. The molecule has 0 spiro atoms. The summed E-state index contributed by atoms with van der Waals surface area (Å²) in [5, 5.41) is 3.04. The Kier molecular flexibility index (Phi) is 60.1. The molecule has 0 aromatic heterocycles. The second kappa shape index (κ2) is 61.8. The molecule has 10 heteroatoms. The lowest BCUT2D eigenvalue weighted by Gasteiger charge is -2.30. The van der Waals surface area contributed by atoms with Crippen molar-refractivity contribution in [1.29, 1.82) is 0 Å². The third-order valence-corrected chi connectivity index (χ3v) is 16.6. The number of rotatable bonds is 64. The molecule has 0 rings (SSSR count). The van der Waals surface area contributed by atoms with Gasteiger partial charge in [0.2, 0.25) is 5.91 Å². The Balaban J connectivity index is 5.08. The molecule has 82 heavy (non-hydrogen) atoms. The number of phosphoric ester groups is 1. The summed E-state index contributed by atoms with van der Waals surface area (Å²) in [6.45, 7) is 6.83. The molecule has 0 aliphatic carbocycles. The molecule has 3 unspecified atom stereocenters. The van der Waals surface area contributed by atoms with Crippen molar-refractivity contribution < 1.29 is 37.3 Å².